The molecule has 0 radical (unpaired) electrons. The molecule has 0 atom stereocenters. The van der Waals surface area contributed by atoms with E-state index in [9.17, 15) is 17.2 Å². The molecule has 114 valence electrons. The molecule has 0 unspecified atom stereocenters. The molecule has 6 nitrogen and oxygen atoms in total. The van der Waals surface area contributed by atoms with E-state index in [0.717, 1.165) is 12.1 Å². The molecule has 0 aliphatic carbocycles. The van der Waals surface area contributed by atoms with E-state index in [2.05, 4.69) is 14.9 Å². The minimum Gasteiger partial charge on any atom is -0.285 e. The van der Waals surface area contributed by atoms with Gasteiger partial charge in [-0.3, -0.25) is 4.40 Å². The smallest absolute Gasteiger partial charge is 0.241 e. The zero-order chi connectivity index (χ0) is 15.7. The molecule has 0 aliphatic heterocycles. The Labute approximate surface area is 124 Å². The van der Waals surface area contributed by atoms with Gasteiger partial charge in [0.05, 0.1) is 11.4 Å². The Morgan fingerprint density at radius 1 is 1.09 bits per heavy atom. The van der Waals surface area contributed by atoms with Gasteiger partial charge in [-0.05, 0) is 30.3 Å². The topological polar surface area (TPSA) is 76.4 Å². The zero-order valence-electron chi connectivity index (χ0n) is 11.1. The minimum absolute atomic E-state index is 0.132. The van der Waals surface area contributed by atoms with Crippen molar-refractivity contribution in [1.29, 1.82) is 0 Å². The highest BCUT2D eigenvalue weighted by atomic mass is 32.2. The summed E-state index contributed by atoms with van der Waals surface area (Å²) in [4.78, 5) is -0.361. The Bertz CT molecular complexity index is 940. The number of hydrogen-bond donors (Lipinski definition) is 1. The number of nitrogens with one attached hydrogen (secondary N) is 1. The van der Waals surface area contributed by atoms with Crippen molar-refractivity contribution < 1.29 is 17.2 Å². The van der Waals surface area contributed by atoms with Crippen LogP contribution in [0.5, 0.6) is 0 Å². The third-order valence-electron chi connectivity index (χ3n) is 3.01. The third-order valence-corrected chi connectivity index (χ3v) is 4.40. The highest BCUT2D eigenvalue weighted by Crippen LogP contribution is 2.14. The van der Waals surface area contributed by atoms with Crippen LogP contribution >= 0.6 is 0 Å². The predicted octanol–water partition coefficient (Wildman–Crippen LogP) is 1.49. The molecule has 9 heteroatoms. The highest BCUT2D eigenvalue weighted by Gasteiger charge is 2.17. The van der Waals surface area contributed by atoms with E-state index in [-0.39, 0.29) is 11.4 Å². The van der Waals surface area contributed by atoms with Gasteiger partial charge in [0, 0.05) is 6.20 Å². The van der Waals surface area contributed by atoms with Crippen LogP contribution in [0.1, 0.15) is 5.82 Å². The molecular formula is C13H10F2N4O2S. The second-order valence-corrected chi connectivity index (χ2v) is 6.21. The lowest BCUT2D eigenvalue weighted by Gasteiger charge is -2.06. The van der Waals surface area contributed by atoms with Crippen LogP contribution in [0.4, 0.5) is 8.78 Å². The van der Waals surface area contributed by atoms with Crippen LogP contribution in [0.2, 0.25) is 0 Å². The zero-order valence-corrected chi connectivity index (χ0v) is 11.9. The maximum Gasteiger partial charge on any atom is 0.241 e. The number of rotatable bonds is 4. The molecule has 1 N–H and O–H groups in total. The normalized spacial score (nSPS) is 11.9. The van der Waals surface area contributed by atoms with E-state index in [1.54, 1.807) is 28.8 Å². The monoisotopic (exact) mass is 324 g/mol. The molecule has 22 heavy (non-hydrogen) atoms. The van der Waals surface area contributed by atoms with E-state index in [4.69, 9.17) is 0 Å². The summed E-state index contributed by atoms with van der Waals surface area (Å²) in [6.45, 7) is -0.132. The fourth-order valence-electron chi connectivity index (χ4n) is 1.90. The number of aromatic nitrogens is 3. The van der Waals surface area contributed by atoms with Crippen molar-refractivity contribution in [3.8, 4) is 0 Å². The molecule has 3 rings (SSSR count). The lowest BCUT2D eigenvalue weighted by molar-refractivity contribution is 0.504. The molecule has 0 saturated heterocycles. The predicted molar refractivity (Wildman–Crippen MR) is 73.4 cm³/mol. The van der Waals surface area contributed by atoms with Crippen LogP contribution in [0.15, 0.2) is 47.5 Å². The van der Waals surface area contributed by atoms with Gasteiger partial charge in [0.25, 0.3) is 0 Å². The quantitative estimate of drug-likeness (QED) is 0.789. The minimum atomic E-state index is -3.98. The van der Waals surface area contributed by atoms with E-state index < -0.39 is 21.7 Å². The van der Waals surface area contributed by atoms with E-state index >= 15 is 0 Å². The Kier molecular flexibility index (Phi) is 3.59. The van der Waals surface area contributed by atoms with Crippen LogP contribution in [0.25, 0.3) is 5.65 Å². The Balaban J connectivity index is 1.84. The fourth-order valence-corrected chi connectivity index (χ4v) is 2.89. The van der Waals surface area contributed by atoms with Gasteiger partial charge in [-0.25, -0.2) is 21.9 Å². The van der Waals surface area contributed by atoms with Crippen molar-refractivity contribution in [2.75, 3.05) is 0 Å². The first-order valence-electron chi connectivity index (χ1n) is 6.21. The standard InChI is InChI=1S/C13H10F2N4O2S/c14-10-5-4-9(7-11(10)15)22(20,21)16-8-13-18-17-12-3-1-2-6-19(12)13/h1-7,16H,8H2. The lowest BCUT2D eigenvalue weighted by atomic mass is 10.3. The lowest BCUT2D eigenvalue weighted by Crippen LogP contribution is -2.24. The molecule has 2 heterocycles. The number of halogens is 2. The van der Waals surface area contributed by atoms with Gasteiger partial charge in [0.1, 0.15) is 0 Å². The van der Waals surface area contributed by atoms with Crippen molar-refractivity contribution >= 4 is 15.7 Å². The summed E-state index contributed by atoms with van der Waals surface area (Å²) in [5, 5.41) is 7.76. The number of hydrogen-bond acceptors (Lipinski definition) is 4. The van der Waals surface area contributed by atoms with Crippen molar-refractivity contribution in [3.63, 3.8) is 0 Å². The van der Waals surface area contributed by atoms with Crippen molar-refractivity contribution in [3.05, 3.63) is 60.1 Å². The number of nitrogens with zero attached hydrogens (tertiary/aromatic N) is 3. The molecule has 0 amide bonds. The number of fused-ring (bicyclic) bond motifs is 1. The Hall–Kier alpha value is -2.39. The molecule has 0 bridgehead atoms. The molecule has 0 saturated carbocycles. The van der Waals surface area contributed by atoms with Crippen LogP contribution in [-0.2, 0) is 16.6 Å². The third kappa shape index (κ3) is 2.68. The summed E-state index contributed by atoms with van der Waals surface area (Å²) in [7, 11) is -3.98. The van der Waals surface area contributed by atoms with Crippen LogP contribution in [0.3, 0.4) is 0 Å². The first-order valence-corrected chi connectivity index (χ1v) is 7.69. The second kappa shape index (κ2) is 5.43. The van der Waals surface area contributed by atoms with E-state index in [0.29, 0.717) is 17.5 Å². The highest BCUT2D eigenvalue weighted by molar-refractivity contribution is 7.89. The first-order chi connectivity index (χ1) is 10.5. The van der Waals surface area contributed by atoms with Crippen molar-refractivity contribution in [2.45, 2.75) is 11.4 Å². The maximum absolute atomic E-state index is 13.1. The van der Waals surface area contributed by atoms with E-state index in [1.807, 2.05) is 0 Å². The molecule has 0 aliphatic rings. The number of pyridine rings is 1. The summed E-state index contributed by atoms with van der Waals surface area (Å²) in [5.41, 5.74) is 0.574. The van der Waals surface area contributed by atoms with Crippen molar-refractivity contribution in [1.82, 2.24) is 19.3 Å². The van der Waals surface area contributed by atoms with Gasteiger partial charge >= 0.3 is 0 Å². The molecule has 0 spiro atoms. The van der Waals surface area contributed by atoms with Gasteiger partial charge in [-0.1, -0.05) is 6.07 Å². The number of sulfonamides is 1. The number of benzene rings is 1. The molecular weight excluding hydrogens is 314 g/mol. The summed E-state index contributed by atoms with van der Waals surface area (Å²) in [5.74, 6) is -1.96. The summed E-state index contributed by atoms with van der Waals surface area (Å²) in [6.07, 6.45) is 1.69. The average molecular weight is 324 g/mol. The van der Waals surface area contributed by atoms with Gasteiger partial charge < -0.3 is 0 Å². The Morgan fingerprint density at radius 3 is 2.68 bits per heavy atom. The van der Waals surface area contributed by atoms with Gasteiger partial charge in [0.2, 0.25) is 10.0 Å². The van der Waals surface area contributed by atoms with Gasteiger partial charge in [-0.15, -0.1) is 10.2 Å². The Morgan fingerprint density at radius 2 is 1.91 bits per heavy atom. The first kappa shape index (κ1) is 14.5. The van der Waals surface area contributed by atoms with Gasteiger partial charge in [-0.2, -0.15) is 0 Å². The van der Waals surface area contributed by atoms with Crippen LogP contribution < -0.4 is 4.72 Å². The summed E-state index contributed by atoms with van der Waals surface area (Å²) < 4.78 is 54.0. The molecule has 1 aromatic carbocycles. The maximum atomic E-state index is 13.1. The van der Waals surface area contributed by atoms with Gasteiger partial charge in [0.15, 0.2) is 23.1 Å². The second-order valence-electron chi connectivity index (χ2n) is 4.45. The largest absolute Gasteiger partial charge is 0.285 e. The fraction of sp³-hybridized carbons (Fsp3) is 0.0769. The summed E-state index contributed by atoms with van der Waals surface area (Å²) >= 11 is 0. The molecule has 0 fully saturated rings. The van der Waals surface area contributed by atoms with Crippen LogP contribution in [-0.4, -0.2) is 23.0 Å². The van der Waals surface area contributed by atoms with Crippen molar-refractivity contribution in [2.24, 2.45) is 0 Å². The summed E-state index contributed by atoms with van der Waals surface area (Å²) in [6, 6.07) is 7.63. The SMILES string of the molecule is O=S(=O)(NCc1nnc2ccccn12)c1ccc(F)c(F)c1. The van der Waals surface area contributed by atoms with Crippen LogP contribution in [0, 0.1) is 11.6 Å². The average Bonchev–Trinajstić information content (AvgIpc) is 2.91. The molecule has 3 aromatic rings. The molecule has 2 aromatic heterocycles. The van der Waals surface area contributed by atoms with E-state index in [1.165, 1.54) is 0 Å².